The molecule has 0 saturated carbocycles. The number of aliphatic hydroxyl groups is 1. The molecular weight excluding hydrogens is 184 g/mol. The molecule has 1 heteroatoms. The first-order valence-electron chi connectivity index (χ1n) is 5.38. The maximum absolute atomic E-state index is 9.01. The fraction of sp³-hybridized carbons (Fsp3) is 0.286. The van der Waals surface area contributed by atoms with Gasteiger partial charge in [0.15, 0.2) is 0 Å². The zero-order chi connectivity index (χ0) is 10.7. The summed E-state index contributed by atoms with van der Waals surface area (Å²) in [6.45, 7) is 2.32. The molecule has 0 amide bonds. The fourth-order valence-corrected chi connectivity index (χ4v) is 1.83. The van der Waals surface area contributed by atoms with E-state index in [-0.39, 0.29) is 6.61 Å². The summed E-state index contributed by atoms with van der Waals surface area (Å²) in [6, 6.07) is 14.9. The molecule has 1 N–H and O–H groups in total. The zero-order valence-electron chi connectivity index (χ0n) is 8.98. The van der Waals surface area contributed by atoms with Crippen LogP contribution in [0.5, 0.6) is 0 Å². The van der Waals surface area contributed by atoms with Gasteiger partial charge in [-0.3, -0.25) is 0 Å². The van der Waals surface area contributed by atoms with E-state index in [1.807, 2.05) is 0 Å². The van der Waals surface area contributed by atoms with Crippen LogP contribution in [-0.4, -0.2) is 11.7 Å². The Morgan fingerprint density at radius 1 is 1.07 bits per heavy atom. The number of fused-ring (bicyclic) bond motifs is 1. The minimum atomic E-state index is 0.257. The Bertz CT molecular complexity index is 448. The van der Waals surface area contributed by atoms with Gasteiger partial charge in [-0.05, 0) is 28.7 Å². The van der Waals surface area contributed by atoms with Gasteiger partial charge in [-0.2, -0.15) is 0 Å². The van der Waals surface area contributed by atoms with E-state index in [0.717, 1.165) is 6.42 Å². The van der Waals surface area contributed by atoms with E-state index in [0.29, 0.717) is 5.92 Å². The molecule has 0 aliphatic heterocycles. The Kier molecular flexibility index (Phi) is 3.02. The van der Waals surface area contributed by atoms with Crippen molar-refractivity contribution in [1.29, 1.82) is 0 Å². The molecule has 0 heterocycles. The second kappa shape index (κ2) is 4.45. The minimum absolute atomic E-state index is 0.257. The summed E-state index contributed by atoms with van der Waals surface area (Å²) in [5.74, 6) is 0.339. The van der Waals surface area contributed by atoms with Gasteiger partial charge in [0.05, 0.1) is 0 Å². The molecule has 0 radical (unpaired) electrons. The highest BCUT2D eigenvalue weighted by Crippen LogP contribution is 2.17. The van der Waals surface area contributed by atoms with Crippen LogP contribution in [0.25, 0.3) is 10.8 Å². The molecule has 0 aliphatic rings. The van der Waals surface area contributed by atoms with Crippen LogP contribution >= 0.6 is 0 Å². The molecule has 0 bridgehead atoms. The van der Waals surface area contributed by atoms with Crippen molar-refractivity contribution in [1.82, 2.24) is 0 Å². The van der Waals surface area contributed by atoms with Crippen molar-refractivity contribution in [3.05, 3.63) is 48.0 Å². The smallest absolute Gasteiger partial charge is 0.0459 e. The number of aliphatic hydroxyl groups excluding tert-OH is 1. The third-order valence-corrected chi connectivity index (χ3v) is 2.71. The van der Waals surface area contributed by atoms with Crippen molar-refractivity contribution in [2.45, 2.75) is 13.3 Å². The molecule has 1 atom stereocenters. The number of rotatable bonds is 3. The normalized spacial score (nSPS) is 12.9. The number of hydrogen-bond donors (Lipinski definition) is 1. The first-order valence-corrected chi connectivity index (χ1v) is 5.38. The highest BCUT2D eigenvalue weighted by atomic mass is 16.3. The lowest BCUT2D eigenvalue weighted by atomic mass is 9.99. The van der Waals surface area contributed by atoms with Gasteiger partial charge in [0.1, 0.15) is 0 Å². The van der Waals surface area contributed by atoms with Crippen LogP contribution in [0.4, 0.5) is 0 Å². The van der Waals surface area contributed by atoms with Crippen LogP contribution in [-0.2, 0) is 6.42 Å². The van der Waals surface area contributed by atoms with Gasteiger partial charge in [-0.25, -0.2) is 0 Å². The average molecular weight is 200 g/mol. The third-order valence-electron chi connectivity index (χ3n) is 2.71. The summed E-state index contributed by atoms with van der Waals surface area (Å²) in [4.78, 5) is 0. The van der Waals surface area contributed by atoms with Gasteiger partial charge in [0.25, 0.3) is 0 Å². The summed E-state index contributed by atoms with van der Waals surface area (Å²) in [6.07, 6.45) is 0.946. The lowest BCUT2D eigenvalue weighted by Gasteiger charge is -2.08. The molecular formula is C14H16O. The van der Waals surface area contributed by atoms with E-state index >= 15 is 0 Å². The van der Waals surface area contributed by atoms with Crippen LogP contribution in [0.2, 0.25) is 0 Å². The van der Waals surface area contributed by atoms with E-state index in [9.17, 15) is 0 Å². The quantitative estimate of drug-likeness (QED) is 0.807. The molecule has 0 saturated heterocycles. The van der Waals surface area contributed by atoms with Crippen molar-refractivity contribution in [2.75, 3.05) is 6.61 Å². The monoisotopic (exact) mass is 200 g/mol. The lowest BCUT2D eigenvalue weighted by molar-refractivity contribution is 0.237. The molecule has 2 rings (SSSR count). The van der Waals surface area contributed by atoms with E-state index < -0.39 is 0 Å². The first-order chi connectivity index (χ1) is 7.29. The van der Waals surface area contributed by atoms with Crippen molar-refractivity contribution in [3.63, 3.8) is 0 Å². The van der Waals surface area contributed by atoms with Gasteiger partial charge in [-0.15, -0.1) is 0 Å². The standard InChI is InChI=1S/C14H16O/c1-11(10-15)8-12-6-7-13-4-2-3-5-14(13)9-12/h2-7,9,11,15H,8,10H2,1H3/t11-/m0/s1. The van der Waals surface area contributed by atoms with Gasteiger partial charge in [0, 0.05) is 6.61 Å². The molecule has 1 nitrogen and oxygen atoms in total. The molecule has 0 aliphatic carbocycles. The van der Waals surface area contributed by atoms with Crippen molar-refractivity contribution in [2.24, 2.45) is 5.92 Å². The summed E-state index contributed by atoms with van der Waals surface area (Å²) in [5, 5.41) is 11.6. The summed E-state index contributed by atoms with van der Waals surface area (Å²) in [5.41, 5.74) is 1.30. The Balaban J connectivity index is 2.30. The Hall–Kier alpha value is -1.34. The van der Waals surface area contributed by atoms with Crippen LogP contribution in [0, 0.1) is 5.92 Å². The molecule has 0 unspecified atom stereocenters. The highest BCUT2D eigenvalue weighted by molar-refractivity contribution is 5.82. The van der Waals surface area contributed by atoms with Crippen LogP contribution in [0.15, 0.2) is 42.5 Å². The molecule has 0 aromatic heterocycles. The van der Waals surface area contributed by atoms with E-state index in [1.54, 1.807) is 0 Å². The van der Waals surface area contributed by atoms with Crippen LogP contribution < -0.4 is 0 Å². The van der Waals surface area contributed by atoms with Crippen molar-refractivity contribution < 1.29 is 5.11 Å². The topological polar surface area (TPSA) is 20.2 Å². The number of hydrogen-bond acceptors (Lipinski definition) is 1. The second-order valence-corrected chi connectivity index (χ2v) is 4.17. The molecule has 78 valence electrons. The SMILES string of the molecule is C[C@H](CO)Cc1ccc2ccccc2c1. The molecule has 0 spiro atoms. The number of benzene rings is 2. The van der Waals surface area contributed by atoms with Crippen molar-refractivity contribution in [3.8, 4) is 0 Å². The summed E-state index contributed by atoms with van der Waals surface area (Å²) >= 11 is 0. The molecule has 2 aromatic carbocycles. The fourth-order valence-electron chi connectivity index (χ4n) is 1.83. The Morgan fingerprint density at radius 2 is 1.80 bits per heavy atom. The molecule has 0 fully saturated rings. The van der Waals surface area contributed by atoms with Gasteiger partial charge >= 0.3 is 0 Å². The largest absolute Gasteiger partial charge is 0.396 e. The predicted octanol–water partition coefficient (Wildman–Crippen LogP) is 3.01. The average Bonchev–Trinajstić information content (AvgIpc) is 2.29. The Morgan fingerprint density at radius 3 is 2.53 bits per heavy atom. The summed E-state index contributed by atoms with van der Waals surface area (Å²) < 4.78 is 0. The second-order valence-electron chi connectivity index (χ2n) is 4.17. The zero-order valence-corrected chi connectivity index (χ0v) is 8.98. The highest BCUT2D eigenvalue weighted by Gasteiger charge is 2.02. The molecule has 15 heavy (non-hydrogen) atoms. The predicted molar refractivity (Wildman–Crippen MR) is 63.9 cm³/mol. The van der Waals surface area contributed by atoms with E-state index in [1.165, 1.54) is 16.3 Å². The van der Waals surface area contributed by atoms with Crippen LogP contribution in [0.3, 0.4) is 0 Å². The Labute approximate surface area is 90.4 Å². The maximum Gasteiger partial charge on any atom is 0.0459 e. The lowest BCUT2D eigenvalue weighted by Crippen LogP contribution is -2.04. The van der Waals surface area contributed by atoms with Crippen LogP contribution in [0.1, 0.15) is 12.5 Å². The maximum atomic E-state index is 9.01. The first kappa shape index (κ1) is 10.2. The van der Waals surface area contributed by atoms with Gasteiger partial charge in [-0.1, -0.05) is 49.4 Å². The van der Waals surface area contributed by atoms with Crippen molar-refractivity contribution >= 4 is 10.8 Å². The van der Waals surface area contributed by atoms with E-state index in [4.69, 9.17) is 5.11 Å². The van der Waals surface area contributed by atoms with Gasteiger partial charge < -0.3 is 5.11 Å². The van der Waals surface area contributed by atoms with E-state index in [2.05, 4.69) is 49.4 Å². The molecule has 2 aromatic rings. The minimum Gasteiger partial charge on any atom is -0.396 e. The van der Waals surface area contributed by atoms with Gasteiger partial charge in [0.2, 0.25) is 0 Å². The summed E-state index contributed by atoms with van der Waals surface area (Å²) in [7, 11) is 0. The third kappa shape index (κ3) is 2.37.